The molecule has 25 heavy (non-hydrogen) atoms. The number of terminal acetylenes is 1. The summed E-state index contributed by atoms with van der Waals surface area (Å²) in [6, 6.07) is 6.75. The fourth-order valence-corrected chi connectivity index (χ4v) is 2.78. The summed E-state index contributed by atoms with van der Waals surface area (Å²) in [7, 11) is 0. The van der Waals surface area contributed by atoms with Gasteiger partial charge in [0.15, 0.2) is 5.70 Å². The van der Waals surface area contributed by atoms with Crippen molar-refractivity contribution in [3.8, 4) is 12.3 Å². The number of ketones is 1. The molecular weight excluding hydrogens is 320 g/mol. The fraction of sp³-hybridized carbons (Fsp3) is 0.368. The first-order chi connectivity index (χ1) is 11.8. The number of nitrogens with zero attached hydrogens (tertiary/aromatic N) is 2. The van der Waals surface area contributed by atoms with E-state index in [9.17, 15) is 14.7 Å². The van der Waals surface area contributed by atoms with Gasteiger partial charge in [-0.25, -0.2) is 0 Å². The average Bonchev–Trinajstić information content (AvgIpc) is 2.53. The highest BCUT2D eigenvalue weighted by atomic mass is 16.5. The Kier molecular flexibility index (Phi) is 5.38. The summed E-state index contributed by atoms with van der Waals surface area (Å²) in [5.74, 6) is 0.0459. The molecule has 6 nitrogen and oxygen atoms in total. The number of carbonyl (C=O) groups is 2. The third kappa shape index (κ3) is 3.94. The van der Waals surface area contributed by atoms with Gasteiger partial charge in [0.1, 0.15) is 11.7 Å². The van der Waals surface area contributed by atoms with Crippen LogP contribution in [0.5, 0.6) is 0 Å². The maximum absolute atomic E-state index is 12.7. The molecule has 0 spiro atoms. The van der Waals surface area contributed by atoms with Crippen LogP contribution in [0.2, 0.25) is 0 Å². The van der Waals surface area contributed by atoms with Gasteiger partial charge >= 0.3 is 5.97 Å². The number of azo groups is 1. The molecule has 1 unspecified atom stereocenters. The zero-order valence-corrected chi connectivity index (χ0v) is 14.4. The number of rotatable bonds is 4. The molecule has 0 aliphatic heterocycles. The van der Waals surface area contributed by atoms with Crippen LogP contribution in [0, 0.1) is 23.7 Å². The molecule has 1 aromatic carbocycles. The lowest BCUT2D eigenvalue weighted by atomic mass is 9.69. The highest BCUT2D eigenvalue weighted by molar-refractivity contribution is 6.09. The van der Waals surface area contributed by atoms with Gasteiger partial charge in [-0.2, -0.15) is 5.11 Å². The van der Waals surface area contributed by atoms with Gasteiger partial charge < -0.3 is 9.84 Å². The second kappa shape index (κ2) is 7.31. The molecule has 1 aromatic rings. The lowest BCUT2D eigenvalue weighted by Gasteiger charge is -2.34. The van der Waals surface area contributed by atoms with E-state index in [2.05, 4.69) is 16.1 Å². The Bertz CT molecular complexity index is 800. The first-order valence-corrected chi connectivity index (χ1v) is 7.91. The lowest BCUT2D eigenvalue weighted by Crippen LogP contribution is -2.42. The quantitative estimate of drug-likeness (QED) is 0.392. The number of esters is 1. The molecule has 0 amide bonds. The summed E-state index contributed by atoms with van der Waals surface area (Å²) in [5.41, 5.74) is 0.0789. The molecule has 0 fully saturated rings. The van der Waals surface area contributed by atoms with Crippen molar-refractivity contribution in [2.24, 2.45) is 21.6 Å². The number of carbonyl (C=O) groups excluding carboxylic acids is 2. The topological polar surface area (TPSA) is 88.3 Å². The van der Waals surface area contributed by atoms with Gasteiger partial charge in [-0.1, -0.05) is 25.8 Å². The van der Waals surface area contributed by atoms with Crippen LogP contribution in [0.25, 0.3) is 0 Å². The number of hydrogen-bond donors (Lipinski definition) is 1. The summed E-state index contributed by atoms with van der Waals surface area (Å²) in [6.45, 7) is 5.30. The molecule has 0 saturated heterocycles. The van der Waals surface area contributed by atoms with Crippen LogP contribution in [0.1, 0.15) is 32.8 Å². The van der Waals surface area contributed by atoms with Gasteiger partial charge in [0.05, 0.1) is 12.3 Å². The molecule has 1 aliphatic rings. The minimum Gasteiger partial charge on any atom is -0.510 e. The smallest absolute Gasteiger partial charge is 0.317 e. The SMILES string of the molecule is C#Cc1cccc(/N=N/C2=C(O)CC(C)(C)C(C(=O)OCC)C2=O)c1. The molecule has 0 bridgehead atoms. The van der Waals surface area contributed by atoms with Crippen molar-refractivity contribution in [3.05, 3.63) is 41.3 Å². The van der Waals surface area contributed by atoms with Gasteiger partial charge in [0, 0.05) is 12.0 Å². The van der Waals surface area contributed by atoms with E-state index >= 15 is 0 Å². The maximum atomic E-state index is 12.7. The van der Waals surface area contributed by atoms with Gasteiger partial charge in [0.2, 0.25) is 5.78 Å². The molecule has 1 aliphatic carbocycles. The first-order valence-electron chi connectivity index (χ1n) is 7.91. The van der Waals surface area contributed by atoms with E-state index in [4.69, 9.17) is 11.2 Å². The van der Waals surface area contributed by atoms with E-state index in [-0.39, 0.29) is 24.5 Å². The minimum atomic E-state index is -1.03. The van der Waals surface area contributed by atoms with E-state index < -0.39 is 23.1 Å². The molecule has 0 heterocycles. The highest BCUT2D eigenvalue weighted by Gasteiger charge is 2.48. The van der Waals surface area contributed by atoms with Crippen LogP contribution < -0.4 is 0 Å². The summed E-state index contributed by atoms with van der Waals surface area (Å²) < 4.78 is 5.01. The van der Waals surface area contributed by atoms with Crippen molar-refractivity contribution < 1.29 is 19.4 Å². The molecule has 1 atom stereocenters. The van der Waals surface area contributed by atoms with Gasteiger partial charge in [0.25, 0.3) is 0 Å². The molecule has 0 radical (unpaired) electrons. The van der Waals surface area contributed by atoms with E-state index in [1.54, 1.807) is 45.0 Å². The minimum absolute atomic E-state index is 0.126. The van der Waals surface area contributed by atoms with Crippen LogP contribution in [-0.2, 0) is 14.3 Å². The van der Waals surface area contributed by atoms with Crippen molar-refractivity contribution in [1.29, 1.82) is 0 Å². The lowest BCUT2D eigenvalue weighted by molar-refractivity contribution is -0.156. The van der Waals surface area contributed by atoms with Gasteiger partial charge in [-0.05, 0) is 30.5 Å². The van der Waals surface area contributed by atoms with Crippen LogP contribution in [0.4, 0.5) is 5.69 Å². The maximum Gasteiger partial charge on any atom is 0.317 e. The number of benzene rings is 1. The molecule has 1 N–H and O–H groups in total. The fourth-order valence-electron chi connectivity index (χ4n) is 2.78. The summed E-state index contributed by atoms with van der Waals surface area (Å²) in [5, 5.41) is 18.0. The molecule has 6 heteroatoms. The normalized spacial score (nSPS) is 19.8. The highest BCUT2D eigenvalue weighted by Crippen LogP contribution is 2.41. The Hall–Kier alpha value is -2.94. The largest absolute Gasteiger partial charge is 0.510 e. The Morgan fingerprint density at radius 2 is 2.16 bits per heavy atom. The van der Waals surface area contributed by atoms with Crippen LogP contribution >= 0.6 is 0 Å². The average molecular weight is 340 g/mol. The second-order valence-corrected chi connectivity index (χ2v) is 6.40. The van der Waals surface area contributed by atoms with Crippen molar-refractivity contribution in [1.82, 2.24) is 0 Å². The number of hydrogen-bond acceptors (Lipinski definition) is 6. The zero-order chi connectivity index (χ0) is 18.6. The molecule has 130 valence electrons. The number of allylic oxidation sites excluding steroid dienone is 2. The van der Waals surface area contributed by atoms with Crippen molar-refractivity contribution in [2.45, 2.75) is 27.2 Å². The van der Waals surface area contributed by atoms with E-state index in [1.165, 1.54) is 0 Å². The third-order valence-electron chi connectivity index (χ3n) is 3.97. The number of Topliss-reactive ketones (excluding diaryl/α,β-unsaturated/α-hetero) is 1. The van der Waals surface area contributed by atoms with Crippen LogP contribution in [0.15, 0.2) is 46.0 Å². The van der Waals surface area contributed by atoms with E-state index in [1.807, 2.05) is 0 Å². The van der Waals surface area contributed by atoms with E-state index in [0.29, 0.717) is 11.3 Å². The molecule has 0 aromatic heterocycles. The predicted octanol–water partition coefficient (Wildman–Crippen LogP) is 3.70. The molecule has 0 saturated carbocycles. The second-order valence-electron chi connectivity index (χ2n) is 6.40. The monoisotopic (exact) mass is 340 g/mol. The molecular formula is C19H20N2O4. The van der Waals surface area contributed by atoms with Crippen LogP contribution in [0.3, 0.4) is 0 Å². The zero-order valence-electron chi connectivity index (χ0n) is 14.4. The van der Waals surface area contributed by atoms with Crippen molar-refractivity contribution >= 4 is 17.4 Å². The molecule has 2 rings (SSSR count). The predicted molar refractivity (Wildman–Crippen MR) is 92.1 cm³/mol. The summed E-state index contributed by atoms with van der Waals surface area (Å²) in [6.07, 6.45) is 5.46. The Morgan fingerprint density at radius 3 is 2.80 bits per heavy atom. The Morgan fingerprint density at radius 1 is 1.44 bits per heavy atom. The van der Waals surface area contributed by atoms with E-state index in [0.717, 1.165) is 0 Å². The van der Waals surface area contributed by atoms with Crippen molar-refractivity contribution in [2.75, 3.05) is 6.61 Å². The summed E-state index contributed by atoms with van der Waals surface area (Å²) in [4.78, 5) is 24.9. The Balaban J connectivity index is 2.36. The summed E-state index contributed by atoms with van der Waals surface area (Å²) >= 11 is 0. The number of aliphatic hydroxyl groups excluding tert-OH is 1. The number of aliphatic hydroxyl groups is 1. The van der Waals surface area contributed by atoms with Crippen molar-refractivity contribution in [3.63, 3.8) is 0 Å². The van der Waals surface area contributed by atoms with Gasteiger partial charge in [-0.15, -0.1) is 11.5 Å². The third-order valence-corrected chi connectivity index (χ3v) is 3.97. The standard InChI is InChI=1S/C19H20N2O4/c1-5-12-8-7-9-13(10-12)20-21-16-14(22)11-19(3,4)15(17(16)23)18(24)25-6-2/h1,7-10,15,22H,6,11H2,2-4H3/b21-20+. The van der Waals surface area contributed by atoms with Gasteiger partial charge in [-0.3, -0.25) is 9.59 Å². The van der Waals surface area contributed by atoms with Crippen LogP contribution in [-0.4, -0.2) is 23.5 Å². The number of ether oxygens (including phenoxy) is 1. The first kappa shape index (κ1) is 18.4. The Labute approximate surface area is 146 Å².